The van der Waals surface area contributed by atoms with E-state index in [-0.39, 0.29) is 0 Å². The summed E-state index contributed by atoms with van der Waals surface area (Å²) in [5.74, 6) is 0.480. The molecule has 3 heteroatoms. The summed E-state index contributed by atoms with van der Waals surface area (Å²) in [5.41, 5.74) is 2.22. The highest BCUT2D eigenvalue weighted by atomic mass is 79.9. The zero-order chi connectivity index (χ0) is 11.0. The zero-order valence-corrected chi connectivity index (χ0v) is 10.4. The van der Waals surface area contributed by atoms with Crippen molar-refractivity contribution in [2.45, 2.75) is 12.3 Å². The van der Waals surface area contributed by atoms with E-state index >= 15 is 0 Å². The van der Waals surface area contributed by atoms with Crippen molar-refractivity contribution in [2.75, 3.05) is 13.2 Å². The largest absolute Gasteiger partial charge is 0.381 e. The second kappa shape index (κ2) is 4.15. The van der Waals surface area contributed by atoms with Crippen molar-refractivity contribution in [3.8, 4) is 0 Å². The maximum atomic E-state index is 5.40. The van der Waals surface area contributed by atoms with Crippen molar-refractivity contribution >= 4 is 26.8 Å². The van der Waals surface area contributed by atoms with Gasteiger partial charge in [-0.1, -0.05) is 22.0 Å². The Bertz CT molecular complexity index is 520. The number of halogens is 1. The van der Waals surface area contributed by atoms with Crippen LogP contribution in [-0.2, 0) is 4.74 Å². The summed E-state index contributed by atoms with van der Waals surface area (Å²) in [7, 11) is 0. The molecule has 1 fully saturated rings. The number of aromatic nitrogens is 1. The van der Waals surface area contributed by atoms with Gasteiger partial charge in [-0.05, 0) is 30.7 Å². The lowest BCUT2D eigenvalue weighted by molar-refractivity contribution is 0.193. The molecule has 2 nitrogen and oxygen atoms in total. The number of benzene rings is 1. The molecule has 1 aromatic carbocycles. The number of rotatable bonds is 1. The molecule has 1 aliphatic rings. The Labute approximate surface area is 103 Å². The molecule has 1 atom stereocenters. The number of fused-ring (bicyclic) bond motifs is 1. The molecule has 1 saturated heterocycles. The smallest absolute Gasteiger partial charge is 0.0706 e. The highest BCUT2D eigenvalue weighted by Gasteiger charge is 2.18. The lowest BCUT2D eigenvalue weighted by Gasteiger charge is -2.08. The minimum absolute atomic E-state index is 0.480. The van der Waals surface area contributed by atoms with E-state index in [0.717, 1.165) is 35.3 Å². The fourth-order valence-electron chi connectivity index (χ4n) is 2.11. The Hall–Kier alpha value is -0.930. The second-order valence-corrected chi connectivity index (χ2v) is 5.05. The molecule has 82 valence electrons. The summed E-state index contributed by atoms with van der Waals surface area (Å²) in [6, 6.07) is 10.4. The molecule has 2 aromatic rings. The fourth-order valence-corrected chi connectivity index (χ4v) is 2.49. The Morgan fingerprint density at radius 3 is 3.00 bits per heavy atom. The third kappa shape index (κ3) is 1.85. The average Bonchev–Trinajstić information content (AvgIpc) is 2.82. The summed E-state index contributed by atoms with van der Waals surface area (Å²) >= 11 is 3.47. The molecular formula is C13H12BrNO. The van der Waals surface area contributed by atoms with Gasteiger partial charge >= 0.3 is 0 Å². The second-order valence-electron chi connectivity index (χ2n) is 4.13. The van der Waals surface area contributed by atoms with Crippen LogP contribution in [0.3, 0.4) is 0 Å². The summed E-state index contributed by atoms with van der Waals surface area (Å²) in [4.78, 5) is 4.70. The van der Waals surface area contributed by atoms with Crippen LogP contribution in [0.1, 0.15) is 18.0 Å². The van der Waals surface area contributed by atoms with Gasteiger partial charge < -0.3 is 4.74 Å². The lowest BCUT2D eigenvalue weighted by Crippen LogP contribution is -2.00. The maximum absolute atomic E-state index is 5.40. The molecule has 0 saturated carbocycles. The highest BCUT2D eigenvalue weighted by molar-refractivity contribution is 9.10. The van der Waals surface area contributed by atoms with Gasteiger partial charge in [-0.15, -0.1) is 0 Å². The molecule has 3 rings (SSSR count). The maximum Gasteiger partial charge on any atom is 0.0706 e. The van der Waals surface area contributed by atoms with E-state index in [9.17, 15) is 0 Å². The first-order valence-electron chi connectivity index (χ1n) is 5.47. The fraction of sp³-hybridized carbons (Fsp3) is 0.308. The van der Waals surface area contributed by atoms with Crippen LogP contribution in [-0.4, -0.2) is 18.2 Å². The Morgan fingerprint density at radius 2 is 2.19 bits per heavy atom. The van der Waals surface area contributed by atoms with Gasteiger partial charge in [0.2, 0.25) is 0 Å². The van der Waals surface area contributed by atoms with Gasteiger partial charge in [0, 0.05) is 28.1 Å². The summed E-state index contributed by atoms with van der Waals surface area (Å²) in [6.07, 6.45) is 1.09. The van der Waals surface area contributed by atoms with E-state index < -0.39 is 0 Å². The van der Waals surface area contributed by atoms with Crippen molar-refractivity contribution in [1.82, 2.24) is 4.98 Å². The summed E-state index contributed by atoms with van der Waals surface area (Å²) in [6.45, 7) is 1.68. The van der Waals surface area contributed by atoms with Crippen molar-refractivity contribution in [3.63, 3.8) is 0 Å². The van der Waals surface area contributed by atoms with E-state index in [2.05, 4.69) is 40.2 Å². The van der Waals surface area contributed by atoms with Crippen LogP contribution < -0.4 is 0 Å². The van der Waals surface area contributed by atoms with Crippen molar-refractivity contribution in [3.05, 3.63) is 40.5 Å². The first-order chi connectivity index (χ1) is 7.83. The Morgan fingerprint density at radius 1 is 1.25 bits per heavy atom. The molecule has 1 aromatic heterocycles. The molecule has 2 heterocycles. The van der Waals surface area contributed by atoms with Gasteiger partial charge in [-0.25, -0.2) is 0 Å². The first kappa shape index (κ1) is 10.2. The van der Waals surface area contributed by atoms with Crippen molar-refractivity contribution in [1.29, 1.82) is 0 Å². The quantitative estimate of drug-likeness (QED) is 0.796. The van der Waals surface area contributed by atoms with Crippen LogP contribution >= 0.6 is 15.9 Å². The van der Waals surface area contributed by atoms with E-state index in [4.69, 9.17) is 9.72 Å². The van der Waals surface area contributed by atoms with Gasteiger partial charge in [0.25, 0.3) is 0 Å². The Kier molecular flexibility index (Phi) is 2.65. The number of hydrogen-bond donors (Lipinski definition) is 0. The van der Waals surface area contributed by atoms with E-state index in [1.807, 2.05) is 6.07 Å². The van der Waals surface area contributed by atoms with Gasteiger partial charge in [0.05, 0.1) is 12.1 Å². The Balaban J connectivity index is 2.05. The van der Waals surface area contributed by atoms with Crippen LogP contribution in [0.4, 0.5) is 0 Å². The van der Waals surface area contributed by atoms with E-state index in [1.165, 1.54) is 5.39 Å². The monoisotopic (exact) mass is 277 g/mol. The van der Waals surface area contributed by atoms with Crippen LogP contribution in [0.5, 0.6) is 0 Å². The first-order valence-corrected chi connectivity index (χ1v) is 6.26. The van der Waals surface area contributed by atoms with E-state index in [1.54, 1.807) is 0 Å². The molecule has 0 spiro atoms. The van der Waals surface area contributed by atoms with Gasteiger partial charge in [0.15, 0.2) is 0 Å². The third-order valence-electron chi connectivity index (χ3n) is 3.02. The average molecular weight is 278 g/mol. The summed E-state index contributed by atoms with van der Waals surface area (Å²) in [5, 5.41) is 1.18. The van der Waals surface area contributed by atoms with Crippen molar-refractivity contribution in [2.24, 2.45) is 0 Å². The van der Waals surface area contributed by atoms with Crippen LogP contribution in [0.2, 0.25) is 0 Å². The molecular weight excluding hydrogens is 266 g/mol. The van der Waals surface area contributed by atoms with Gasteiger partial charge in [-0.2, -0.15) is 0 Å². The molecule has 0 N–H and O–H groups in total. The number of pyridine rings is 1. The standard InChI is InChI=1S/C13H12BrNO/c14-11-2-4-12-9(7-11)1-3-13(15-12)10-5-6-16-8-10/h1-4,7,10H,5-6,8H2/t10-/m0/s1. The molecule has 0 bridgehead atoms. The topological polar surface area (TPSA) is 22.1 Å². The number of nitrogens with zero attached hydrogens (tertiary/aromatic N) is 1. The lowest BCUT2D eigenvalue weighted by atomic mass is 10.0. The van der Waals surface area contributed by atoms with Gasteiger partial charge in [-0.3, -0.25) is 4.98 Å². The zero-order valence-electron chi connectivity index (χ0n) is 8.82. The van der Waals surface area contributed by atoms with E-state index in [0.29, 0.717) is 5.92 Å². The number of hydrogen-bond acceptors (Lipinski definition) is 2. The van der Waals surface area contributed by atoms with Crippen LogP contribution in [0.15, 0.2) is 34.8 Å². The summed E-state index contributed by atoms with van der Waals surface area (Å²) < 4.78 is 6.49. The molecule has 1 aliphatic heterocycles. The minimum Gasteiger partial charge on any atom is -0.381 e. The SMILES string of the molecule is Brc1ccc2nc([C@H]3CCOC3)ccc2c1. The predicted octanol–water partition coefficient (Wildman–Crippen LogP) is 3.50. The predicted molar refractivity (Wildman–Crippen MR) is 67.6 cm³/mol. The highest BCUT2D eigenvalue weighted by Crippen LogP contribution is 2.26. The minimum atomic E-state index is 0.480. The molecule has 0 radical (unpaired) electrons. The van der Waals surface area contributed by atoms with Gasteiger partial charge in [0.1, 0.15) is 0 Å². The van der Waals surface area contributed by atoms with Crippen LogP contribution in [0, 0.1) is 0 Å². The number of ether oxygens (including phenoxy) is 1. The third-order valence-corrected chi connectivity index (χ3v) is 3.51. The molecule has 0 amide bonds. The van der Waals surface area contributed by atoms with Crippen molar-refractivity contribution < 1.29 is 4.74 Å². The normalized spacial score (nSPS) is 20.4. The molecule has 16 heavy (non-hydrogen) atoms. The molecule has 0 unspecified atom stereocenters. The van der Waals surface area contributed by atoms with Crippen LogP contribution in [0.25, 0.3) is 10.9 Å². The molecule has 0 aliphatic carbocycles.